The van der Waals surface area contributed by atoms with Crippen LogP contribution in [0.1, 0.15) is 28.4 Å². The summed E-state index contributed by atoms with van der Waals surface area (Å²) in [6.45, 7) is 0. The van der Waals surface area contributed by atoms with E-state index in [2.05, 4.69) is 10.1 Å². The van der Waals surface area contributed by atoms with Crippen LogP contribution in [0.4, 0.5) is 8.78 Å². The number of fused-ring (bicyclic) bond motifs is 1. The number of aliphatic hydroxyl groups is 1. The number of hydrogen-bond donors (Lipinski definition) is 1. The monoisotopic (exact) mass is 328 g/mol. The molecule has 0 bridgehead atoms. The summed E-state index contributed by atoms with van der Waals surface area (Å²) in [5.41, 5.74) is 1.27. The predicted octanol–water partition coefficient (Wildman–Crippen LogP) is 2.93. The Balaban J connectivity index is 1.57. The van der Waals surface area contributed by atoms with Gasteiger partial charge in [-0.1, -0.05) is 29.4 Å². The van der Waals surface area contributed by atoms with Gasteiger partial charge >= 0.3 is 0 Å². The number of halogens is 2. The fourth-order valence-corrected chi connectivity index (χ4v) is 3.16. The standard InChI is InChI=1S/C18H14F2N2O2/c19-14-5-11(6-15(20)8-14)7-16-21-17(24-22-16)18(23)9-12-3-1-2-4-13(12)10-18/h1-6,8,23H,7,9-10H2. The van der Waals surface area contributed by atoms with Crippen molar-refractivity contribution in [2.75, 3.05) is 0 Å². The van der Waals surface area contributed by atoms with E-state index in [4.69, 9.17) is 4.52 Å². The van der Waals surface area contributed by atoms with Crippen LogP contribution in [0.5, 0.6) is 0 Å². The molecule has 0 atom stereocenters. The number of benzene rings is 2. The lowest BCUT2D eigenvalue weighted by atomic mass is 10.0. The normalized spacial score (nSPS) is 15.5. The summed E-state index contributed by atoms with van der Waals surface area (Å²) in [4.78, 5) is 4.23. The zero-order valence-corrected chi connectivity index (χ0v) is 12.7. The molecule has 1 heterocycles. The molecule has 0 unspecified atom stereocenters. The van der Waals surface area contributed by atoms with Crippen molar-refractivity contribution < 1.29 is 18.4 Å². The molecule has 24 heavy (non-hydrogen) atoms. The highest BCUT2D eigenvalue weighted by atomic mass is 19.1. The van der Waals surface area contributed by atoms with Crippen molar-refractivity contribution >= 4 is 0 Å². The van der Waals surface area contributed by atoms with Crippen molar-refractivity contribution in [3.63, 3.8) is 0 Å². The molecule has 1 aliphatic carbocycles. The van der Waals surface area contributed by atoms with E-state index in [1.54, 1.807) is 0 Å². The van der Waals surface area contributed by atoms with Crippen LogP contribution in [-0.2, 0) is 24.9 Å². The first kappa shape index (κ1) is 15.0. The van der Waals surface area contributed by atoms with E-state index < -0.39 is 17.2 Å². The van der Waals surface area contributed by atoms with Crippen LogP contribution < -0.4 is 0 Å². The second kappa shape index (κ2) is 5.49. The molecule has 4 nitrogen and oxygen atoms in total. The summed E-state index contributed by atoms with van der Waals surface area (Å²) in [7, 11) is 0. The van der Waals surface area contributed by atoms with Crippen molar-refractivity contribution in [3.05, 3.63) is 82.5 Å². The van der Waals surface area contributed by atoms with Gasteiger partial charge in [0.1, 0.15) is 11.6 Å². The Hall–Kier alpha value is -2.60. The first-order valence-corrected chi connectivity index (χ1v) is 7.59. The topological polar surface area (TPSA) is 59.2 Å². The van der Waals surface area contributed by atoms with Crippen LogP contribution >= 0.6 is 0 Å². The average molecular weight is 328 g/mol. The Morgan fingerprint density at radius 2 is 1.67 bits per heavy atom. The Bertz CT molecular complexity index is 862. The van der Waals surface area contributed by atoms with Gasteiger partial charge in [-0.3, -0.25) is 0 Å². The van der Waals surface area contributed by atoms with Crippen molar-refractivity contribution in [2.45, 2.75) is 24.9 Å². The van der Waals surface area contributed by atoms with Crippen LogP contribution in [0.2, 0.25) is 0 Å². The van der Waals surface area contributed by atoms with Gasteiger partial charge in [-0.15, -0.1) is 0 Å². The molecular formula is C18H14F2N2O2. The van der Waals surface area contributed by atoms with Crippen LogP contribution in [0, 0.1) is 11.6 Å². The second-order valence-electron chi connectivity index (χ2n) is 6.12. The second-order valence-corrected chi connectivity index (χ2v) is 6.12. The minimum Gasteiger partial charge on any atom is -0.379 e. The highest BCUT2D eigenvalue weighted by Crippen LogP contribution is 2.36. The largest absolute Gasteiger partial charge is 0.379 e. The van der Waals surface area contributed by atoms with Gasteiger partial charge in [0.05, 0.1) is 0 Å². The van der Waals surface area contributed by atoms with Gasteiger partial charge in [0, 0.05) is 25.3 Å². The molecule has 0 spiro atoms. The molecule has 1 aliphatic rings. The third-order valence-corrected chi connectivity index (χ3v) is 4.23. The third-order valence-electron chi connectivity index (χ3n) is 4.23. The molecule has 0 radical (unpaired) electrons. The summed E-state index contributed by atoms with van der Waals surface area (Å²) in [5, 5.41) is 14.7. The number of aromatic nitrogens is 2. The molecule has 0 amide bonds. The highest BCUT2D eigenvalue weighted by Gasteiger charge is 2.41. The van der Waals surface area contributed by atoms with E-state index in [0.29, 0.717) is 18.4 Å². The molecule has 122 valence electrons. The molecule has 1 aromatic heterocycles. The zero-order valence-electron chi connectivity index (χ0n) is 12.7. The van der Waals surface area contributed by atoms with Crippen molar-refractivity contribution in [2.24, 2.45) is 0 Å². The summed E-state index contributed by atoms with van der Waals surface area (Å²) in [6.07, 6.45) is 0.931. The maximum atomic E-state index is 13.2. The van der Waals surface area contributed by atoms with Crippen LogP contribution in [0.15, 0.2) is 47.0 Å². The molecule has 0 fully saturated rings. The van der Waals surface area contributed by atoms with E-state index in [0.717, 1.165) is 17.2 Å². The van der Waals surface area contributed by atoms with Gasteiger partial charge in [0.25, 0.3) is 5.89 Å². The van der Waals surface area contributed by atoms with E-state index in [1.807, 2.05) is 24.3 Å². The number of rotatable bonds is 3. The van der Waals surface area contributed by atoms with Crippen molar-refractivity contribution in [3.8, 4) is 0 Å². The molecule has 0 saturated carbocycles. The van der Waals surface area contributed by atoms with Gasteiger partial charge < -0.3 is 9.63 Å². The quantitative estimate of drug-likeness (QED) is 0.803. The minimum absolute atomic E-state index is 0.126. The molecule has 3 aromatic rings. The maximum Gasteiger partial charge on any atom is 0.259 e. The SMILES string of the molecule is OC1(c2nc(Cc3cc(F)cc(F)c3)no2)Cc2ccccc2C1. The van der Waals surface area contributed by atoms with E-state index in [-0.39, 0.29) is 18.1 Å². The Kier molecular flexibility index (Phi) is 3.42. The van der Waals surface area contributed by atoms with Crippen LogP contribution in [0.25, 0.3) is 0 Å². The van der Waals surface area contributed by atoms with E-state index >= 15 is 0 Å². The van der Waals surface area contributed by atoms with Crippen LogP contribution in [-0.4, -0.2) is 15.2 Å². The fraction of sp³-hybridized carbons (Fsp3) is 0.222. The smallest absolute Gasteiger partial charge is 0.259 e. The third kappa shape index (κ3) is 2.69. The van der Waals surface area contributed by atoms with Crippen LogP contribution in [0.3, 0.4) is 0 Å². The average Bonchev–Trinajstić information content (AvgIpc) is 3.10. The lowest BCUT2D eigenvalue weighted by Gasteiger charge is -2.16. The summed E-state index contributed by atoms with van der Waals surface area (Å²) in [5.74, 6) is -0.901. The Morgan fingerprint density at radius 3 is 2.29 bits per heavy atom. The molecule has 0 saturated heterocycles. The first-order chi connectivity index (χ1) is 11.5. The van der Waals surface area contributed by atoms with Gasteiger partial charge in [0.2, 0.25) is 0 Å². The number of nitrogens with zero attached hydrogens (tertiary/aromatic N) is 2. The van der Waals surface area contributed by atoms with Gasteiger partial charge in [-0.25, -0.2) is 8.78 Å². The summed E-state index contributed by atoms with van der Waals surface area (Å²) < 4.78 is 31.7. The first-order valence-electron chi connectivity index (χ1n) is 7.59. The molecule has 0 aliphatic heterocycles. The van der Waals surface area contributed by atoms with Gasteiger partial charge in [-0.05, 0) is 28.8 Å². The van der Waals surface area contributed by atoms with Gasteiger partial charge in [-0.2, -0.15) is 4.98 Å². The lowest BCUT2D eigenvalue weighted by molar-refractivity contribution is 0.0145. The van der Waals surface area contributed by atoms with Crippen molar-refractivity contribution in [1.29, 1.82) is 0 Å². The minimum atomic E-state index is -1.23. The van der Waals surface area contributed by atoms with Gasteiger partial charge in [0.15, 0.2) is 11.4 Å². The molecule has 6 heteroatoms. The zero-order chi connectivity index (χ0) is 16.7. The lowest BCUT2D eigenvalue weighted by Crippen LogP contribution is -2.26. The fourth-order valence-electron chi connectivity index (χ4n) is 3.16. The molecule has 4 rings (SSSR count). The molecule has 1 N–H and O–H groups in total. The van der Waals surface area contributed by atoms with Crippen molar-refractivity contribution in [1.82, 2.24) is 10.1 Å². The van der Waals surface area contributed by atoms with E-state index in [1.165, 1.54) is 12.1 Å². The highest BCUT2D eigenvalue weighted by molar-refractivity contribution is 5.36. The number of hydrogen-bond acceptors (Lipinski definition) is 4. The van der Waals surface area contributed by atoms with E-state index in [9.17, 15) is 13.9 Å². The Morgan fingerprint density at radius 1 is 1.04 bits per heavy atom. The molecular weight excluding hydrogens is 314 g/mol. The predicted molar refractivity (Wildman–Crippen MR) is 81.2 cm³/mol. The Labute approximate surface area is 136 Å². The molecule has 2 aromatic carbocycles. The summed E-state index contributed by atoms with van der Waals surface area (Å²) >= 11 is 0. The summed E-state index contributed by atoms with van der Waals surface area (Å²) in [6, 6.07) is 11.0. The maximum absolute atomic E-state index is 13.2.